The smallest absolute Gasteiger partial charge is 0.235 e. The van der Waals surface area contributed by atoms with Gasteiger partial charge < -0.3 is 0 Å². The second kappa shape index (κ2) is 6.88. The molecule has 0 saturated heterocycles. The van der Waals surface area contributed by atoms with Gasteiger partial charge in [-0.05, 0) is 46.5 Å². The third-order valence-corrected chi connectivity index (χ3v) is 7.29. The van der Waals surface area contributed by atoms with Gasteiger partial charge in [-0.2, -0.15) is 0 Å². The third-order valence-electron chi connectivity index (χ3n) is 7.29. The van der Waals surface area contributed by atoms with Crippen LogP contribution in [0.2, 0.25) is 0 Å². The molecule has 0 unspecified atom stereocenters. The van der Waals surface area contributed by atoms with E-state index in [4.69, 9.17) is 9.97 Å². The number of hydrogen-bond acceptors (Lipinski definition) is 2. The van der Waals surface area contributed by atoms with Gasteiger partial charge in [0.1, 0.15) is 0 Å². The molecule has 0 N–H and O–H groups in total. The maximum atomic E-state index is 5.01. The third kappa shape index (κ3) is 2.58. The molecule has 0 bridgehead atoms. The lowest BCUT2D eigenvalue weighted by Gasteiger charge is -2.21. The van der Waals surface area contributed by atoms with Gasteiger partial charge in [0, 0.05) is 27.9 Å². The van der Waals surface area contributed by atoms with Crippen LogP contribution in [0.4, 0.5) is 0 Å². The van der Waals surface area contributed by atoms with Gasteiger partial charge in [0.05, 0.1) is 16.7 Å². The Bertz CT molecular complexity index is 1730. The second-order valence-corrected chi connectivity index (χ2v) is 9.55. The zero-order valence-electron chi connectivity index (χ0n) is 19.2. The fourth-order valence-corrected chi connectivity index (χ4v) is 5.60. The molecule has 1 aliphatic carbocycles. The maximum Gasteiger partial charge on any atom is 0.235 e. The summed E-state index contributed by atoms with van der Waals surface area (Å²) in [6.07, 6.45) is 1.86. The highest BCUT2D eigenvalue weighted by Crippen LogP contribution is 2.50. The number of nitrogens with zero attached hydrogens (tertiary/aromatic N) is 3. The van der Waals surface area contributed by atoms with Crippen LogP contribution in [0.25, 0.3) is 50.1 Å². The fraction of sp³-hybridized carbons (Fsp3) is 0.0968. The first-order valence-corrected chi connectivity index (χ1v) is 11.7. The Morgan fingerprint density at radius 3 is 2.29 bits per heavy atom. The second-order valence-electron chi connectivity index (χ2n) is 9.55. The van der Waals surface area contributed by atoms with Crippen molar-refractivity contribution in [1.82, 2.24) is 14.5 Å². The van der Waals surface area contributed by atoms with E-state index in [0.29, 0.717) is 5.95 Å². The quantitative estimate of drug-likeness (QED) is 0.280. The standard InChI is InChI=1S/C31H23N3/c1-31(2)25-14-8-6-12-21(25)23-18-24-22-13-7-9-15-28(22)34(29(24)19-26(23)31)30-32-17-16-27(33-30)20-10-4-3-5-11-20/h3-19H,1-2H3. The summed E-state index contributed by atoms with van der Waals surface area (Å²) in [5, 5.41) is 2.45. The van der Waals surface area contributed by atoms with Gasteiger partial charge >= 0.3 is 0 Å². The molecule has 2 heterocycles. The summed E-state index contributed by atoms with van der Waals surface area (Å²) in [6.45, 7) is 4.64. The molecule has 4 aromatic carbocycles. The van der Waals surface area contributed by atoms with Gasteiger partial charge in [-0.25, -0.2) is 9.97 Å². The van der Waals surface area contributed by atoms with Crippen molar-refractivity contribution in [3.05, 3.63) is 114 Å². The van der Waals surface area contributed by atoms with Crippen molar-refractivity contribution in [2.45, 2.75) is 19.3 Å². The van der Waals surface area contributed by atoms with E-state index in [1.54, 1.807) is 0 Å². The molecule has 0 atom stereocenters. The van der Waals surface area contributed by atoms with Crippen molar-refractivity contribution >= 4 is 21.8 Å². The molecule has 0 amide bonds. The highest BCUT2D eigenvalue weighted by Gasteiger charge is 2.36. The predicted molar refractivity (Wildman–Crippen MR) is 139 cm³/mol. The predicted octanol–water partition coefficient (Wildman–Crippen LogP) is 7.55. The van der Waals surface area contributed by atoms with Crippen molar-refractivity contribution in [3.63, 3.8) is 0 Å². The molecule has 3 heteroatoms. The molecule has 34 heavy (non-hydrogen) atoms. The number of rotatable bonds is 2. The van der Waals surface area contributed by atoms with E-state index in [-0.39, 0.29) is 5.41 Å². The van der Waals surface area contributed by atoms with Crippen LogP contribution >= 0.6 is 0 Å². The minimum Gasteiger partial charge on any atom is -0.278 e. The summed E-state index contributed by atoms with van der Waals surface area (Å²) >= 11 is 0. The lowest BCUT2D eigenvalue weighted by atomic mass is 9.82. The molecule has 0 spiro atoms. The van der Waals surface area contributed by atoms with E-state index in [2.05, 4.69) is 91.2 Å². The molecule has 6 aromatic rings. The van der Waals surface area contributed by atoms with Crippen molar-refractivity contribution in [2.24, 2.45) is 0 Å². The van der Waals surface area contributed by atoms with Crippen molar-refractivity contribution in [2.75, 3.05) is 0 Å². The Balaban J connectivity index is 1.55. The first-order chi connectivity index (χ1) is 16.6. The summed E-state index contributed by atoms with van der Waals surface area (Å²) in [5.74, 6) is 0.695. The van der Waals surface area contributed by atoms with Gasteiger partial charge in [-0.15, -0.1) is 0 Å². The molecule has 0 saturated carbocycles. The van der Waals surface area contributed by atoms with E-state index >= 15 is 0 Å². The Morgan fingerprint density at radius 1 is 0.647 bits per heavy atom. The SMILES string of the molecule is CC1(C)c2ccccc2-c2cc3c4ccccc4n(-c4nccc(-c5ccccc5)n4)c3cc21. The topological polar surface area (TPSA) is 30.7 Å². The molecule has 7 rings (SSSR count). The normalized spacial score (nSPS) is 13.8. The molecule has 1 aliphatic rings. The van der Waals surface area contributed by atoms with E-state index in [9.17, 15) is 0 Å². The Kier molecular flexibility index (Phi) is 3.89. The zero-order chi connectivity index (χ0) is 22.9. The lowest BCUT2D eigenvalue weighted by Crippen LogP contribution is -2.15. The van der Waals surface area contributed by atoms with Crippen LogP contribution in [0.5, 0.6) is 0 Å². The first-order valence-electron chi connectivity index (χ1n) is 11.7. The van der Waals surface area contributed by atoms with Crippen LogP contribution in [0.3, 0.4) is 0 Å². The molecule has 0 radical (unpaired) electrons. The van der Waals surface area contributed by atoms with Gasteiger partial charge in [-0.1, -0.05) is 86.6 Å². The van der Waals surface area contributed by atoms with Crippen LogP contribution in [-0.4, -0.2) is 14.5 Å². The van der Waals surface area contributed by atoms with Gasteiger partial charge in [0.2, 0.25) is 5.95 Å². The monoisotopic (exact) mass is 437 g/mol. The molecule has 0 aliphatic heterocycles. The highest BCUT2D eigenvalue weighted by molar-refractivity contribution is 6.11. The fourth-order valence-electron chi connectivity index (χ4n) is 5.60. The Hall–Kier alpha value is -4.24. The largest absolute Gasteiger partial charge is 0.278 e. The summed E-state index contributed by atoms with van der Waals surface area (Å²) in [6, 6.07) is 34.4. The van der Waals surface area contributed by atoms with E-state index in [1.165, 1.54) is 33.0 Å². The van der Waals surface area contributed by atoms with Crippen molar-refractivity contribution in [3.8, 4) is 28.3 Å². The molecule has 2 aromatic heterocycles. The van der Waals surface area contributed by atoms with Crippen LogP contribution in [0.15, 0.2) is 103 Å². The molecular weight excluding hydrogens is 414 g/mol. The average Bonchev–Trinajstić information content (AvgIpc) is 3.33. The molecule has 3 nitrogen and oxygen atoms in total. The number of fused-ring (bicyclic) bond motifs is 6. The summed E-state index contributed by atoms with van der Waals surface area (Å²) < 4.78 is 2.22. The highest BCUT2D eigenvalue weighted by atomic mass is 15.2. The van der Waals surface area contributed by atoms with Crippen LogP contribution in [0.1, 0.15) is 25.0 Å². The van der Waals surface area contributed by atoms with E-state index < -0.39 is 0 Å². The van der Waals surface area contributed by atoms with E-state index in [0.717, 1.165) is 22.3 Å². The van der Waals surface area contributed by atoms with Crippen LogP contribution in [-0.2, 0) is 5.41 Å². The Labute approximate surface area is 198 Å². The average molecular weight is 438 g/mol. The summed E-state index contributed by atoms with van der Waals surface area (Å²) in [7, 11) is 0. The minimum absolute atomic E-state index is 0.0614. The zero-order valence-corrected chi connectivity index (χ0v) is 19.2. The number of para-hydroxylation sites is 1. The number of benzene rings is 4. The summed E-state index contributed by atoms with van der Waals surface area (Å²) in [4.78, 5) is 9.74. The van der Waals surface area contributed by atoms with Crippen molar-refractivity contribution < 1.29 is 0 Å². The van der Waals surface area contributed by atoms with Gasteiger partial charge in [0.25, 0.3) is 0 Å². The Morgan fingerprint density at radius 2 is 1.41 bits per heavy atom. The van der Waals surface area contributed by atoms with Gasteiger partial charge in [0.15, 0.2) is 0 Å². The van der Waals surface area contributed by atoms with Crippen LogP contribution < -0.4 is 0 Å². The molecular formula is C31H23N3. The molecule has 0 fully saturated rings. The van der Waals surface area contributed by atoms with E-state index in [1.807, 2.05) is 30.5 Å². The van der Waals surface area contributed by atoms with Crippen molar-refractivity contribution in [1.29, 1.82) is 0 Å². The lowest BCUT2D eigenvalue weighted by molar-refractivity contribution is 0.661. The number of aromatic nitrogens is 3. The summed E-state index contributed by atoms with van der Waals surface area (Å²) in [5.41, 5.74) is 9.62. The van der Waals surface area contributed by atoms with Gasteiger partial charge in [-0.3, -0.25) is 4.57 Å². The maximum absolute atomic E-state index is 5.01. The first kappa shape index (κ1) is 19.2. The van der Waals surface area contributed by atoms with Crippen LogP contribution in [0, 0.1) is 0 Å². The number of hydrogen-bond donors (Lipinski definition) is 0. The minimum atomic E-state index is -0.0614. The molecule has 162 valence electrons.